The molecular formula is C17H14F4O4S. The average Bonchev–Trinajstić information content (AvgIpc) is 2.53. The zero-order valence-corrected chi connectivity index (χ0v) is 14.2. The summed E-state index contributed by atoms with van der Waals surface area (Å²) < 4.78 is 75.8. The van der Waals surface area contributed by atoms with Gasteiger partial charge in [0, 0.05) is 5.56 Å². The van der Waals surface area contributed by atoms with Crippen LogP contribution in [0.2, 0.25) is 0 Å². The Morgan fingerprint density at radius 3 is 2.19 bits per heavy atom. The van der Waals surface area contributed by atoms with E-state index in [2.05, 4.69) is 0 Å². The molecule has 1 unspecified atom stereocenters. The van der Waals surface area contributed by atoms with E-state index < -0.39 is 50.1 Å². The summed E-state index contributed by atoms with van der Waals surface area (Å²) in [6.07, 6.45) is -4.69. The monoisotopic (exact) mass is 390 g/mol. The van der Waals surface area contributed by atoms with E-state index in [1.807, 2.05) is 0 Å². The number of aliphatic hydroxyl groups is 1. The number of ketones is 1. The Labute approximate surface area is 147 Å². The van der Waals surface area contributed by atoms with Crippen LogP contribution in [0.3, 0.4) is 0 Å². The number of hydrogen-bond donors (Lipinski definition) is 1. The SMILES string of the molecule is CC(O)(CS(=O)(=O)c1ccc(F)cc1)C(=O)c1cccc(C(F)(F)F)c1. The Balaban J connectivity index is 2.32. The van der Waals surface area contributed by atoms with E-state index in [1.54, 1.807) is 0 Å². The Morgan fingerprint density at radius 2 is 1.65 bits per heavy atom. The third-order valence-electron chi connectivity index (χ3n) is 3.59. The number of carbonyl (C=O) groups is 1. The Morgan fingerprint density at radius 1 is 1.08 bits per heavy atom. The van der Waals surface area contributed by atoms with E-state index in [0.717, 1.165) is 49.4 Å². The molecule has 1 N–H and O–H groups in total. The smallest absolute Gasteiger partial charge is 0.381 e. The fourth-order valence-corrected chi connectivity index (χ4v) is 3.90. The summed E-state index contributed by atoms with van der Waals surface area (Å²) in [5.41, 5.74) is -4.04. The van der Waals surface area contributed by atoms with Crippen molar-refractivity contribution in [3.05, 3.63) is 65.5 Å². The number of sulfone groups is 1. The van der Waals surface area contributed by atoms with Crippen molar-refractivity contribution in [3.63, 3.8) is 0 Å². The molecule has 0 aliphatic heterocycles. The summed E-state index contributed by atoms with van der Waals surface area (Å²) in [4.78, 5) is 12.0. The number of benzene rings is 2. The first-order valence-corrected chi connectivity index (χ1v) is 8.91. The van der Waals surface area contributed by atoms with Crippen LogP contribution in [0, 0.1) is 5.82 Å². The van der Waals surface area contributed by atoms with Crippen molar-refractivity contribution >= 4 is 15.6 Å². The number of halogens is 4. The Bertz CT molecular complexity index is 917. The van der Waals surface area contributed by atoms with Gasteiger partial charge in [-0.1, -0.05) is 12.1 Å². The molecule has 0 saturated carbocycles. The highest BCUT2D eigenvalue weighted by Crippen LogP contribution is 2.30. The van der Waals surface area contributed by atoms with Gasteiger partial charge in [0.1, 0.15) is 11.4 Å². The molecule has 1 atom stereocenters. The second kappa shape index (κ2) is 6.81. The summed E-state index contributed by atoms with van der Waals surface area (Å²) in [5.74, 6) is -2.91. The minimum absolute atomic E-state index is 0.323. The van der Waals surface area contributed by atoms with E-state index in [-0.39, 0.29) is 4.90 Å². The van der Waals surface area contributed by atoms with E-state index in [1.165, 1.54) is 0 Å². The zero-order chi connectivity index (χ0) is 19.8. The summed E-state index contributed by atoms with van der Waals surface area (Å²) in [6, 6.07) is 7.07. The van der Waals surface area contributed by atoms with E-state index in [4.69, 9.17) is 0 Å². The molecular weight excluding hydrogens is 376 g/mol. The van der Waals surface area contributed by atoms with E-state index in [9.17, 15) is 35.9 Å². The van der Waals surface area contributed by atoms with Crippen LogP contribution in [0.5, 0.6) is 0 Å². The fraction of sp³-hybridized carbons (Fsp3) is 0.235. The molecule has 0 amide bonds. The molecule has 0 fully saturated rings. The zero-order valence-electron chi connectivity index (χ0n) is 13.4. The molecule has 0 radical (unpaired) electrons. The maximum absolute atomic E-state index is 12.9. The highest BCUT2D eigenvalue weighted by molar-refractivity contribution is 7.91. The molecule has 26 heavy (non-hydrogen) atoms. The standard InChI is InChI=1S/C17H14F4O4S/c1-16(23,10-26(24,25)14-7-5-13(18)6-8-14)15(22)11-3-2-4-12(9-11)17(19,20)21/h2-9,23H,10H2,1H3. The van der Waals surface area contributed by atoms with Crippen LogP contribution in [0.15, 0.2) is 53.4 Å². The highest BCUT2D eigenvalue weighted by atomic mass is 32.2. The van der Waals surface area contributed by atoms with Gasteiger partial charge in [-0.05, 0) is 43.3 Å². The molecule has 0 saturated heterocycles. The van der Waals surface area contributed by atoms with Crippen molar-refractivity contribution in [3.8, 4) is 0 Å². The van der Waals surface area contributed by atoms with Crippen molar-refractivity contribution in [2.24, 2.45) is 0 Å². The van der Waals surface area contributed by atoms with Gasteiger partial charge in [-0.15, -0.1) is 0 Å². The van der Waals surface area contributed by atoms with Crippen LogP contribution in [0.1, 0.15) is 22.8 Å². The minimum atomic E-state index is -4.69. The molecule has 0 aliphatic carbocycles. The second-order valence-corrected chi connectivity index (χ2v) is 7.88. The molecule has 140 valence electrons. The largest absolute Gasteiger partial charge is 0.416 e. The van der Waals surface area contributed by atoms with Gasteiger partial charge in [0.15, 0.2) is 15.6 Å². The predicted molar refractivity (Wildman–Crippen MR) is 84.9 cm³/mol. The fourth-order valence-electron chi connectivity index (χ4n) is 2.31. The molecule has 0 bridgehead atoms. The number of alkyl halides is 3. The lowest BCUT2D eigenvalue weighted by atomic mass is 9.95. The van der Waals surface area contributed by atoms with Crippen LogP contribution in [-0.4, -0.2) is 30.7 Å². The molecule has 2 rings (SSSR count). The van der Waals surface area contributed by atoms with Gasteiger partial charge < -0.3 is 5.11 Å². The summed E-state index contributed by atoms with van der Waals surface area (Å²) in [7, 11) is -4.19. The van der Waals surface area contributed by atoms with Gasteiger partial charge in [-0.2, -0.15) is 13.2 Å². The number of hydrogen-bond acceptors (Lipinski definition) is 4. The molecule has 2 aromatic carbocycles. The number of carbonyl (C=O) groups excluding carboxylic acids is 1. The molecule has 9 heteroatoms. The molecule has 2 aromatic rings. The average molecular weight is 390 g/mol. The lowest BCUT2D eigenvalue weighted by molar-refractivity contribution is -0.137. The lowest BCUT2D eigenvalue weighted by Crippen LogP contribution is -2.42. The molecule has 0 aromatic heterocycles. The van der Waals surface area contributed by atoms with Crippen LogP contribution in [0.4, 0.5) is 17.6 Å². The number of Topliss-reactive ketones (excluding diaryl/α,β-unsaturated/α-hetero) is 1. The maximum Gasteiger partial charge on any atom is 0.416 e. The molecule has 0 spiro atoms. The van der Waals surface area contributed by atoms with E-state index in [0.29, 0.717) is 6.07 Å². The van der Waals surface area contributed by atoms with Gasteiger partial charge in [-0.25, -0.2) is 12.8 Å². The highest BCUT2D eigenvalue weighted by Gasteiger charge is 2.38. The first kappa shape index (κ1) is 20.1. The third kappa shape index (κ3) is 4.47. The maximum atomic E-state index is 12.9. The molecule has 0 aliphatic rings. The van der Waals surface area contributed by atoms with Gasteiger partial charge in [-0.3, -0.25) is 4.79 Å². The van der Waals surface area contributed by atoms with Crippen molar-refractivity contribution in [2.75, 3.05) is 5.75 Å². The van der Waals surface area contributed by atoms with Crippen LogP contribution in [-0.2, 0) is 16.0 Å². The first-order valence-electron chi connectivity index (χ1n) is 7.26. The van der Waals surface area contributed by atoms with Crippen LogP contribution < -0.4 is 0 Å². The van der Waals surface area contributed by atoms with Gasteiger partial charge in [0.2, 0.25) is 0 Å². The third-order valence-corrected chi connectivity index (χ3v) is 5.52. The quantitative estimate of drug-likeness (QED) is 0.483. The normalized spacial score (nSPS) is 14.7. The Hall–Kier alpha value is -2.26. The van der Waals surface area contributed by atoms with Gasteiger partial charge >= 0.3 is 6.18 Å². The Kier molecular flexibility index (Phi) is 5.25. The molecule has 4 nitrogen and oxygen atoms in total. The summed E-state index contributed by atoms with van der Waals surface area (Å²) in [6.45, 7) is 0.899. The minimum Gasteiger partial charge on any atom is -0.381 e. The van der Waals surface area contributed by atoms with Crippen molar-refractivity contribution in [2.45, 2.75) is 23.6 Å². The predicted octanol–water partition coefficient (Wildman–Crippen LogP) is 3.25. The molecule has 0 heterocycles. The first-order chi connectivity index (χ1) is 11.8. The van der Waals surface area contributed by atoms with Crippen molar-refractivity contribution in [1.82, 2.24) is 0 Å². The van der Waals surface area contributed by atoms with E-state index >= 15 is 0 Å². The summed E-state index contributed by atoms with van der Waals surface area (Å²) in [5, 5.41) is 10.3. The summed E-state index contributed by atoms with van der Waals surface area (Å²) >= 11 is 0. The van der Waals surface area contributed by atoms with Gasteiger partial charge in [0.25, 0.3) is 0 Å². The van der Waals surface area contributed by atoms with Crippen molar-refractivity contribution < 1.29 is 35.9 Å². The number of rotatable bonds is 5. The van der Waals surface area contributed by atoms with Crippen molar-refractivity contribution in [1.29, 1.82) is 0 Å². The van der Waals surface area contributed by atoms with Crippen LogP contribution >= 0.6 is 0 Å². The topological polar surface area (TPSA) is 71.4 Å². The van der Waals surface area contributed by atoms with Crippen LogP contribution in [0.25, 0.3) is 0 Å². The van der Waals surface area contributed by atoms with Gasteiger partial charge in [0.05, 0.1) is 16.2 Å². The second-order valence-electron chi connectivity index (χ2n) is 5.89. The lowest BCUT2D eigenvalue weighted by Gasteiger charge is -2.22.